The van der Waals surface area contributed by atoms with Gasteiger partial charge in [-0.25, -0.2) is 26.8 Å². The molecule has 0 spiro atoms. The second-order valence-electron chi connectivity index (χ2n) is 7.20. The minimum absolute atomic E-state index is 0.168. The fraction of sp³-hybridized carbons (Fsp3) is 0.250. The molecule has 0 bridgehead atoms. The van der Waals surface area contributed by atoms with E-state index >= 15 is 0 Å². The molecule has 2 aromatic rings. The van der Waals surface area contributed by atoms with Crippen LogP contribution in [0.4, 0.5) is 4.79 Å². The molecule has 166 valence electrons. The van der Waals surface area contributed by atoms with E-state index in [4.69, 9.17) is 5.14 Å². The Morgan fingerprint density at radius 1 is 1.12 bits per heavy atom. The number of rotatable bonds is 5. The molecule has 2 amide bonds. The van der Waals surface area contributed by atoms with Crippen LogP contribution in [-0.4, -0.2) is 79.8 Å². The van der Waals surface area contributed by atoms with Crippen molar-refractivity contribution < 1.29 is 21.6 Å². The highest BCUT2D eigenvalue weighted by molar-refractivity contribution is 7.94. The highest BCUT2D eigenvalue weighted by atomic mass is 32.2. The van der Waals surface area contributed by atoms with Gasteiger partial charge in [-0.3, -0.25) is 4.99 Å². The third kappa shape index (κ3) is 3.15. The molecule has 1 fully saturated rings. The van der Waals surface area contributed by atoms with Crippen LogP contribution in [0.1, 0.15) is 5.56 Å². The van der Waals surface area contributed by atoms with Gasteiger partial charge in [-0.1, -0.05) is 6.07 Å². The summed E-state index contributed by atoms with van der Waals surface area (Å²) in [5.74, 6) is -0.189. The first-order valence-corrected chi connectivity index (χ1v) is 12.3. The summed E-state index contributed by atoms with van der Waals surface area (Å²) in [6, 6.07) is 1.28. The van der Waals surface area contributed by atoms with Crippen LogP contribution in [0.5, 0.6) is 0 Å². The number of nitrogens with two attached hydrogens (primary N) is 1. The molecule has 1 saturated heterocycles. The first kappa shape index (κ1) is 20.6. The molecular weight excluding hydrogens is 462 g/mol. The second kappa shape index (κ2) is 7.09. The van der Waals surface area contributed by atoms with Crippen molar-refractivity contribution in [2.45, 2.75) is 21.1 Å². The summed E-state index contributed by atoms with van der Waals surface area (Å²) in [6.07, 6.45) is 2.80. The number of tetrazole rings is 1. The Morgan fingerprint density at radius 3 is 2.53 bits per heavy atom. The van der Waals surface area contributed by atoms with Crippen molar-refractivity contribution in [3.8, 4) is 11.4 Å². The number of sulfonamides is 1. The average Bonchev–Trinajstić information content (AvgIpc) is 3.32. The van der Waals surface area contributed by atoms with Crippen molar-refractivity contribution in [3.63, 3.8) is 0 Å². The number of carbonyl (C=O) groups excluding carboxylic acids is 1. The molecular formula is C16H15N9O5S2. The summed E-state index contributed by atoms with van der Waals surface area (Å²) < 4.78 is 51.8. The lowest BCUT2D eigenvalue weighted by Gasteiger charge is -2.28. The maximum absolute atomic E-state index is 13.2. The second-order valence-corrected chi connectivity index (χ2v) is 10.9. The number of aromatic nitrogens is 4. The number of aliphatic imine (C=N–C) groups is 2. The molecule has 0 radical (unpaired) electrons. The minimum atomic E-state index is -4.59. The van der Waals surface area contributed by atoms with Crippen LogP contribution in [0.25, 0.3) is 17.0 Å². The largest absolute Gasteiger partial charge is 0.342 e. The predicted molar refractivity (Wildman–Crippen MR) is 111 cm³/mol. The van der Waals surface area contributed by atoms with E-state index in [0.717, 1.165) is 0 Å². The van der Waals surface area contributed by atoms with Gasteiger partial charge >= 0.3 is 6.03 Å². The van der Waals surface area contributed by atoms with E-state index in [0.29, 0.717) is 11.3 Å². The number of carbonyl (C=O) groups is 1. The average molecular weight is 477 g/mol. The zero-order valence-corrected chi connectivity index (χ0v) is 17.7. The van der Waals surface area contributed by atoms with Crippen molar-refractivity contribution in [2.75, 3.05) is 13.1 Å². The summed E-state index contributed by atoms with van der Waals surface area (Å²) >= 11 is 0. The monoisotopic (exact) mass is 477 g/mol. The van der Waals surface area contributed by atoms with Crippen molar-refractivity contribution >= 4 is 43.4 Å². The Morgan fingerprint density at radius 2 is 1.91 bits per heavy atom. The van der Waals surface area contributed by atoms with Gasteiger partial charge in [0.05, 0.1) is 27.6 Å². The number of primary sulfonamides is 1. The fourth-order valence-corrected chi connectivity index (χ4v) is 6.89. The minimum Gasteiger partial charge on any atom is -0.324 e. The van der Waals surface area contributed by atoms with Gasteiger partial charge in [0.1, 0.15) is 10.9 Å². The Bertz CT molecular complexity index is 1440. The predicted octanol–water partition coefficient (Wildman–Crippen LogP) is -1.78. The lowest BCUT2D eigenvalue weighted by Crippen LogP contribution is -2.51. The highest BCUT2D eigenvalue weighted by Crippen LogP contribution is 2.39. The van der Waals surface area contributed by atoms with E-state index < -0.39 is 47.0 Å². The van der Waals surface area contributed by atoms with E-state index in [2.05, 4.69) is 41.2 Å². The molecule has 3 aliphatic heterocycles. The van der Waals surface area contributed by atoms with Gasteiger partial charge in [0, 0.05) is 24.9 Å². The number of fused-ring (bicyclic) bond motifs is 1. The molecule has 5 rings (SSSR count). The van der Waals surface area contributed by atoms with Gasteiger partial charge in [0.25, 0.3) is 0 Å². The molecule has 1 aromatic heterocycles. The molecule has 0 aliphatic carbocycles. The zero-order valence-electron chi connectivity index (χ0n) is 16.0. The highest BCUT2D eigenvalue weighted by Gasteiger charge is 2.40. The number of nitrogens with one attached hydrogen (secondary N) is 3. The van der Waals surface area contributed by atoms with E-state index in [1.54, 1.807) is 0 Å². The molecule has 1 atom stereocenters. The maximum atomic E-state index is 13.2. The molecule has 1 unspecified atom stereocenters. The summed E-state index contributed by atoms with van der Waals surface area (Å²) in [4.78, 5) is 18.6. The number of hydrogen-bond acceptors (Lipinski definition) is 10. The van der Waals surface area contributed by atoms with Gasteiger partial charge in [0.15, 0.2) is 9.84 Å². The molecule has 14 nitrogen and oxygen atoms in total. The number of aromatic amines is 1. The fourth-order valence-electron chi connectivity index (χ4n) is 3.71. The van der Waals surface area contributed by atoms with E-state index in [9.17, 15) is 21.6 Å². The Hall–Kier alpha value is -3.34. The number of nitrogens with zero attached hydrogens (tertiary/aromatic N) is 5. The molecule has 5 N–H and O–H groups in total. The number of benzene rings is 1. The molecule has 4 heterocycles. The van der Waals surface area contributed by atoms with Crippen molar-refractivity contribution in [1.82, 2.24) is 31.3 Å². The Labute approximate surface area is 181 Å². The third-order valence-electron chi connectivity index (χ3n) is 5.30. The van der Waals surface area contributed by atoms with Crippen molar-refractivity contribution in [3.05, 3.63) is 23.9 Å². The number of H-pyrrole nitrogens is 1. The normalized spacial score (nSPS) is 20.9. The van der Waals surface area contributed by atoms with Gasteiger partial charge in [-0.2, -0.15) is 10.2 Å². The molecule has 32 heavy (non-hydrogen) atoms. The van der Waals surface area contributed by atoms with Gasteiger partial charge in [0.2, 0.25) is 15.8 Å². The van der Waals surface area contributed by atoms with Crippen LogP contribution in [0, 0.1) is 0 Å². The quantitative estimate of drug-likeness (QED) is 0.382. The number of hydrogen-bond donors (Lipinski definition) is 4. The van der Waals surface area contributed by atoms with Crippen LogP contribution in [0.15, 0.2) is 38.1 Å². The zero-order chi connectivity index (χ0) is 22.7. The number of sulfone groups is 1. The van der Waals surface area contributed by atoms with E-state index in [1.807, 2.05) is 0 Å². The van der Waals surface area contributed by atoms with Crippen LogP contribution in [-0.2, 0) is 19.9 Å². The molecule has 0 saturated carbocycles. The van der Waals surface area contributed by atoms with Crippen LogP contribution in [0.3, 0.4) is 0 Å². The lowest BCUT2D eigenvalue weighted by atomic mass is 9.91. The summed E-state index contributed by atoms with van der Waals surface area (Å²) in [5.41, 5.74) is 0.716. The number of amides is 2. The first-order valence-electron chi connectivity index (χ1n) is 9.19. The molecule has 16 heteroatoms. The SMILES string of the molecule is NS(=O)(=O)c1c(S(=O)(=O)C2CNC2)ccc(C2=CN=CC3=NC(=O)NC23)c1-c1nn[nH]n1. The van der Waals surface area contributed by atoms with Gasteiger partial charge in [-0.15, -0.1) is 10.2 Å². The summed E-state index contributed by atoms with van der Waals surface area (Å²) in [6.45, 7) is 0.360. The van der Waals surface area contributed by atoms with E-state index in [-0.39, 0.29) is 30.0 Å². The molecule has 1 aromatic carbocycles. The smallest absolute Gasteiger partial charge is 0.324 e. The van der Waals surface area contributed by atoms with Crippen molar-refractivity contribution in [2.24, 2.45) is 15.1 Å². The van der Waals surface area contributed by atoms with Crippen LogP contribution < -0.4 is 15.8 Å². The first-order chi connectivity index (χ1) is 15.2. The van der Waals surface area contributed by atoms with Crippen molar-refractivity contribution in [1.29, 1.82) is 0 Å². The summed E-state index contributed by atoms with van der Waals surface area (Å²) in [5, 5.41) is 23.6. The standard InChI is InChI=1S/C16H15N9O5S2/c17-32(29,30)14-11(31(27,28)7-3-18-4-7)2-1-8(12(14)15-22-24-25-23-15)9-5-19-6-10-13(9)21-16(26)20-10/h1-2,5-7,13,18H,3-4H2,(H,21,26)(H2,17,29,30)(H,22,23,24,25). The van der Waals surface area contributed by atoms with Gasteiger partial charge < -0.3 is 10.6 Å². The Balaban J connectivity index is 1.82. The topological polar surface area (TPSA) is 215 Å². The Kier molecular flexibility index (Phi) is 4.55. The number of urea groups is 1. The summed E-state index contributed by atoms with van der Waals surface area (Å²) in [7, 11) is -8.64. The van der Waals surface area contributed by atoms with E-state index in [1.165, 1.54) is 24.5 Å². The molecule has 3 aliphatic rings. The van der Waals surface area contributed by atoms with Crippen LogP contribution >= 0.6 is 0 Å². The van der Waals surface area contributed by atoms with Crippen LogP contribution in [0.2, 0.25) is 0 Å². The van der Waals surface area contributed by atoms with Gasteiger partial charge in [-0.05, 0) is 16.8 Å². The third-order valence-corrected chi connectivity index (χ3v) is 8.59. The maximum Gasteiger partial charge on any atom is 0.342 e. The lowest BCUT2D eigenvalue weighted by molar-refractivity contribution is 0.251.